The number of hydrogen-bond donors (Lipinski definition) is 0. The van der Waals surface area contributed by atoms with Gasteiger partial charge < -0.3 is 0 Å². The van der Waals surface area contributed by atoms with Gasteiger partial charge in [0.1, 0.15) is 6.33 Å². The molecule has 1 unspecified atom stereocenters. The first-order valence-electron chi connectivity index (χ1n) is 6.52. The Labute approximate surface area is 115 Å². The van der Waals surface area contributed by atoms with E-state index >= 15 is 0 Å². The van der Waals surface area contributed by atoms with E-state index in [1.54, 1.807) is 40.1 Å². The summed E-state index contributed by atoms with van der Waals surface area (Å²) < 4.78 is 3.44. The lowest BCUT2D eigenvalue weighted by atomic mass is 10.1. The molecule has 0 saturated heterocycles. The Morgan fingerprint density at radius 1 is 1.25 bits per heavy atom. The highest BCUT2D eigenvalue weighted by molar-refractivity contribution is 5.72. The van der Waals surface area contributed by atoms with Crippen molar-refractivity contribution in [2.75, 3.05) is 0 Å². The van der Waals surface area contributed by atoms with Gasteiger partial charge >= 0.3 is 0 Å². The monoisotopic (exact) mass is 269 g/mol. The fourth-order valence-corrected chi connectivity index (χ4v) is 2.46. The second kappa shape index (κ2) is 4.88. The molecular weight excluding hydrogens is 254 g/mol. The number of fused-ring (bicyclic) bond motifs is 1. The number of aromatic nitrogens is 5. The number of rotatable bonds is 3. The lowest BCUT2D eigenvalue weighted by molar-refractivity contribution is 0.502. The van der Waals surface area contributed by atoms with E-state index in [4.69, 9.17) is 0 Å². The SMILES string of the molecule is CCC(c1ccnn1C)n1cnc2ncccc2c1=O. The average molecular weight is 269 g/mol. The largest absolute Gasteiger partial charge is 0.289 e. The van der Waals surface area contributed by atoms with Crippen LogP contribution in [0.1, 0.15) is 25.1 Å². The zero-order valence-electron chi connectivity index (χ0n) is 11.4. The fraction of sp³-hybridized carbons (Fsp3) is 0.286. The van der Waals surface area contributed by atoms with Crippen LogP contribution in [0.15, 0.2) is 41.7 Å². The van der Waals surface area contributed by atoms with E-state index < -0.39 is 0 Å². The molecule has 3 aromatic heterocycles. The summed E-state index contributed by atoms with van der Waals surface area (Å²) in [7, 11) is 1.87. The van der Waals surface area contributed by atoms with E-state index in [1.165, 1.54) is 0 Å². The van der Waals surface area contributed by atoms with Crippen molar-refractivity contribution in [2.45, 2.75) is 19.4 Å². The number of hydrogen-bond acceptors (Lipinski definition) is 4. The van der Waals surface area contributed by atoms with Crippen LogP contribution in [0.4, 0.5) is 0 Å². The third-order valence-corrected chi connectivity index (χ3v) is 3.48. The molecule has 0 radical (unpaired) electrons. The third kappa shape index (κ3) is 1.89. The normalized spacial score (nSPS) is 12.7. The van der Waals surface area contributed by atoms with Crippen LogP contribution in [0.2, 0.25) is 0 Å². The van der Waals surface area contributed by atoms with Crippen LogP contribution in [0, 0.1) is 0 Å². The second-order valence-corrected chi connectivity index (χ2v) is 4.64. The first-order chi connectivity index (χ1) is 9.72. The van der Waals surface area contributed by atoms with Gasteiger partial charge in [0.25, 0.3) is 5.56 Å². The van der Waals surface area contributed by atoms with Gasteiger partial charge in [-0.15, -0.1) is 0 Å². The Hall–Kier alpha value is -2.50. The molecule has 6 heteroatoms. The predicted octanol–water partition coefficient (Wildman–Crippen LogP) is 1.52. The van der Waals surface area contributed by atoms with E-state index in [9.17, 15) is 4.79 Å². The molecule has 0 fully saturated rings. The quantitative estimate of drug-likeness (QED) is 0.723. The maximum Gasteiger partial charge on any atom is 0.263 e. The predicted molar refractivity (Wildman–Crippen MR) is 75.4 cm³/mol. The third-order valence-electron chi connectivity index (χ3n) is 3.48. The summed E-state index contributed by atoms with van der Waals surface area (Å²) in [5, 5.41) is 4.71. The Bertz CT molecular complexity index is 804. The molecule has 3 rings (SSSR count). The molecule has 0 aromatic carbocycles. The maximum atomic E-state index is 12.6. The summed E-state index contributed by atoms with van der Waals surface area (Å²) in [6, 6.07) is 5.35. The van der Waals surface area contributed by atoms with Crippen LogP contribution in [0.3, 0.4) is 0 Å². The molecule has 0 aliphatic heterocycles. The number of pyridine rings is 1. The minimum absolute atomic E-state index is 0.0730. The smallest absolute Gasteiger partial charge is 0.263 e. The molecule has 6 nitrogen and oxygen atoms in total. The maximum absolute atomic E-state index is 12.6. The van der Waals surface area contributed by atoms with Crippen LogP contribution in [-0.4, -0.2) is 24.3 Å². The standard InChI is InChI=1S/C14H15N5O/c1-3-11(12-6-8-17-18(12)2)19-9-16-13-10(14(19)20)5-4-7-15-13/h4-9,11H,3H2,1-2H3. The number of aryl methyl sites for hydroxylation is 1. The van der Waals surface area contributed by atoms with Gasteiger partial charge in [0, 0.05) is 19.4 Å². The molecule has 0 spiro atoms. The highest BCUT2D eigenvalue weighted by Crippen LogP contribution is 2.19. The van der Waals surface area contributed by atoms with Crippen LogP contribution in [0.5, 0.6) is 0 Å². The van der Waals surface area contributed by atoms with Crippen molar-refractivity contribution in [1.82, 2.24) is 24.3 Å². The van der Waals surface area contributed by atoms with Gasteiger partial charge in [-0.2, -0.15) is 5.10 Å². The van der Waals surface area contributed by atoms with Gasteiger partial charge in [0.15, 0.2) is 5.65 Å². The second-order valence-electron chi connectivity index (χ2n) is 4.64. The molecule has 0 bridgehead atoms. The summed E-state index contributed by atoms with van der Waals surface area (Å²) in [5.74, 6) is 0. The van der Waals surface area contributed by atoms with Crippen molar-refractivity contribution in [3.8, 4) is 0 Å². The van der Waals surface area contributed by atoms with Gasteiger partial charge in [-0.3, -0.25) is 14.0 Å². The Morgan fingerprint density at radius 2 is 2.10 bits per heavy atom. The molecule has 1 atom stereocenters. The molecule has 102 valence electrons. The van der Waals surface area contributed by atoms with Crippen LogP contribution in [-0.2, 0) is 7.05 Å². The lowest BCUT2D eigenvalue weighted by Crippen LogP contribution is -2.27. The minimum atomic E-state index is -0.0768. The molecule has 0 aliphatic rings. The first-order valence-corrected chi connectivity index (χ1v) is 6.52. The van der Waals surface area contributed by atoms with E-state index in [1.807, 2.05) is 20.0 Å². The van der Waals surface area contributed by atoms with E-state index in [0.717, 1.165) is 12.1 Å². The molecular formula is C14H15N5O. The van der Waals surface area contributed by atoms with Crippen molar-refractivity contribution in [1.29, 1.82) is 0 Å². The Kier molecular flexibility index (Phi) is 3.06. The van der Waals surface area contributed by atoms with Crippen molar-refractivity contribution in [3.63, 3.8) is 0 Å². The molecule has 3 heterocycles. The molecule has 0 amide bonds. The molecule has 0 saturated carbocycles. The highest BCUT2D eigenvalue weighted by Gasteiger charge is 2.17. The molecule has 20 heavy (non-hydrogen) atoms. The summed E-state index contributed by atoms with van der Waals surface area (Å²) in [4.78, 5) is 21.0. The van der Waals surface area contributed by atoms with Gasteiger partial charge in [0.2, 0.25) is 0 Å². The van der Waals surface area contributed by atoms with Gasteiger partial charge in [-0.05, 0) is 24.6 Å². The summed E-state index contributed by atoms with van der Waals surface area (Å²) >= 11 is 0. The summed E-state index contributed by atoms with van der Waals surface area (Å²) in [6.07, 6.45) is 5.72. The number of nitrogens with zero attached hydrogens (tertiary/aromatic N) is 5. The van der Waals surface area contributed by atoms with Crippen LogP contribution >= 0.6 is 0 Å². The van der Waals surface area contributed by atoms with E-state index in [2.05, 4.69) is 15.1 Å². The van der Waals surface area contributed by atoms with Crippen molar-refractivity contribution in [3.05, 3.63) is 53.0 Å². The van der Waals surface area contributed by atoms with Crippen LogP contribution in [0.25, 0.3) is 11.0 Å². The zero-order chi connectivity index (χ0) is 14.1. The minimum Gasteiger partial charge on any atom is -0.289 e. The summed E-state index contributed by atoms with van der Waals surface area (Å²) in [5.41, 5.74) is 1.39. The van der Waals surface area contributed by atoms with Crippen molar-refractivity contribution in [2.24, 2.45) is 7.05 Å². The topological polar surface area (TPSA) is 65.6 Å². The van der Waals surface area contributed by atoms with E-state index in [0.29, 0.717) is 11.0 Å². The lowest BCUT2D eigenvalue weighted by Gasteiger charge is -2.18. The Morgan fingerprint density at radius 3 is 2.80 bits per heavy atom. The van der Waals surface area contributed by atoms with Crippen molar-refractivity contribution < 1.29 is 0 Å². The molecule has 0 N–H and O–H groups in total. The molecule has 0 aliphatic carbocycles. The van der Waals surface area contributed by atoms with Gasteiger partial charge in [-0.1, -0.05) is 6.92 Å². The fourth-order valence-electron chi connectivity index (χ4n) is 2.46. The summed E-state index contributed by atoms with van der Waals surface area (Å²) in [6.45, 7) is 2.04. The van der Waals surface area contributed by atoms with Crippen LogP contribution < -0.4 is 5.56 Å². The highest BCUT2D eigenvalue weighted by atomic mass is 16.1. The van der Waals surface area contributed by atoms with E-state index in [-0.39, 0.29) is 11.6 Å². The zero-order valence-corrected chi connectivity index (χ0v) is 11.4. The first kappa shape index (κ1) is 12.5. The Balaban J connectivity index is 2.21. The average Bonchev–Trinajstić information content (AvgIpc) is 2.89. The van der Waals surface area contributed by atoms with Gasteiger partial charge in [0.05, 0.1) is 17.1 Å². The van der Waals surface area contributed by atoms with Gasteiger partial charge in [-0.25, -0.2) is 9.97 Å². The van der Waals surface area contributed by atoms with Crippen molar-refractivity contribution >= 4 is 11.0 Å². The molecule has 3 aromatic rings.